The average Bonchev–Trinajstić information content (AvgIpc) is 2.32. The zero-order valence-electron chi connectivity index (χ0n) is 14.2. The molecule has 0 radical (unpaired) electrons. The second kappa shape index (κ2) is 7.28. The van der Waals surface area contributed by atoms with Crippen molar-refractivity contribution in [2.75, 3.05) is 13.1 Å². The van der Waals surface area contributed by atoms with E-state index in [1.807, 2.05) is 6.92 Å². The molecule has 3 nitrogen and oxygen atoms in total. The Morgan fingerprint density at radius 2 is 1.58 bits per heavy atom. The maximum atomic E-state index is 12.4. The molecule has 0 fully saturated rings. The third-order valence-corrected chi connectivity index (χ3v) is 4.64. The monoisotopic (exact) mass is 270 g/mol. The van der Waals surface area contributed by atoms with Crippen LogP contribution < -0.4 is 10.6 Å². The Kier molecular flexibility index (Phi) is 7.06. The molecule has 0 heterocycles. The van der Waals surface area contributed by atoms with Gasteiger partial charge in [-0.2, -0.15) is 0 Å². The minimum Gasteiger partial charge on any atom is -0.355 e. The molecule has 1 atom stereocenters. The number of hydrogen-bond acceptors (Lipinski definition) is 2. The standard InChI is InChI=1S/C16H34N2O/c1-9-10-17-14(19)16(8,13(4)5)18-11-15(6,7)12(2)3/h12-13,18H,9-11H2,1-8H3,(H,17,19). The quantitative estimate of drug-likeness (QED) is 0.711. The van der Waals surface area contributed by atoms with Gasteiger partial charge in [-0.05, 0) is 30.6 Å². The minimum atomic E-state index is -0.499. The molecule has 0 spiro atoms. The van der Waals surface area contributed by atoms with Crippen LogP contribution in [0.1, 0.15) is 61.8 Å². The molecule has 0 saturated heterocycles. The first-order valence-electron chi connectivity index (χ1n) is 7.61. The number of hydrogen-bond donors (Lipinski definition) is 2. The Bertz CT molecular complexity index is 284. The van der Waals surface area contributed by atoms with Gasteiger partial charge in [-0.15, -0.1) is 0 Å². The van der Waals surface area contributed by atoms with Crippen molar-refractivity contribution in [2.24, 2.45) is 17.3 Å². The lowest BCUT2D eigenvalue weighted by molar-refractivity contribution is -0.129. The Labute approximate surface area is 119 Å². The zero-order valence-corrected chi connectivity index (χ0v) is 14.2. The first-order valence-corrected chi connectivity index (χ1v) is 7.61. The van der Waals surface area contributed by atoms with Crippen LogP contribution in [0, 0.1) is 17.3 Å². The molecule has 114 valence electrons. The number of nitrogens with one attached hydrogen (secondary N) is 2. The van der Waals surface area contributed by atoms with Crippen LogP contribution in [0.15, 0.2) is 0 Å². The van der Waals surface area contributed by atoms with Crippen LogP contribution in [0.4, 0.5) is 0 Å². The molecule has 0 aromatic heterocycles. The smallest absolute Gasteiger partial charge is 0.240 e. The lowest BCUT2D eigenvalue weighted by atomic mass is 9.79. The van der Waals surface area contributed by atoms with Gasteiger partial charge in [0.25, 0.3) is 0 Å². The highest BCUT2D eigenvalue weighted by Crippen LogP contribution is 2.27. The molecule has 1 unspecified atom stereocenters. The summed E-state index contributed by atoms with van der Waals surface area (Å²) in [7, 11) is 0. The summed E-state index contributed by atoms with van der Waals surface area (Å²) < 4.78 is 0. The maximum absolute atomic E-state index is 12.4. The highest BCUT2D eigenvalue weighted by atomic mass is 16.2. The van der Waals surface area contributed by atoms with Crippen molar-refractivity contribution >= 4 is 5.91 Å². The van der Waals surface area contributed by atoms with Gasteiger partial charge in [0.05, 0.1) is 5.54 Å². The number of carbonyl (C=O) groups is 1. The summed E-state index contributed by atoms with van der Waals surface area (Å²) in [5.41, 5.74) is -0.317. The van der Waals surface area contributed by atoms with Crippen LogP contribution in [0.3, 0.4) is 0 Å². The van der Waals surface area contributed by atoms with Gasteiger partial charge in [-0.25, -0.2) is 0 Å². The lowest BCUT2D eigenvalue weighted by Crippen LogP contribution is -2.60. The van der Waals surface area contributed by atoms with E-state index in [0.717, 1.165) is 19.5 Å². The first kappa shape index (κ1) is 18.4. The predicted octanol–water partition coefficient (Wildman–Crippen LogP) is 3.20. The minimum absolute atomic E-state index is 0.115. The van der Waals surface area contributed by atoms with E-state index in [4.69, 9.17) is 0 Å². The molecule has 2 N–H and O–H groups in total. The predicted molar refractivity (Wildman–Crippen MR) is 83.2 cm³/mol. The van der Waals surface area contributed by atoms with E-state index in [2.05, 4.69) is 59.1 Å². The molecule has 1 amide bonds. The molecule has 0 aliphatic rings. The lowest BCUT2D eigenvalue weighted by Gasteiger charge is -2.38. The van der Waals surface area contributed by atoms with Crippen molar-refractivity contribution in [3.63, 3.8) is 0 Å². The van der Waals surface area contributed by atoms with E-state index >= 15 is 0 Å². The maximum Gasteiger partial charge on any atom is 0.240 e. The van der Waals surface area contributed by atoms with Gasteiger partial charge in [-0.1, -0.05) is 48.5 Å². The second-order valence-electron chi connectivity index (χ2n) is 7.11. The molecule has 0 aromatic rings. The third kappa shape index (κ3) is 5.13. The van der Waals surface area contributed by atoms with Gasteiger partial charge >= 0.3 is 0 Å². The van der Waals surface area contributed by atoms with Crippen LogP contribution in [-0.2, 0) is 4.79 Å². The van der Waals surface area contributed by atoms with Crippen LogP contribution in [0.25, 0.3) is 0 Å². The molecule has 0 aliphatic carbocycles. The Balaban J connectivity index is 4.77. The van der Waals surface area contributed by atoms with Crippen LogP contribution in [-0.4, -0.2) is 24.5 Å². The van der Waals surface area contributed by atoms with Gasteiger partial charge < -0.3 is 10.6 Å². The topological polar surface area (TPSA) is 41.1 Å². The molecular formula is C16H34N2O. The summed E-state index contributed by atoms with van der Waals surface area (Å²) in [6.07, 6.45) is 0.970. The summed E-state index contributed by atoms with van der Waals surface area (Å²) in [6.45, 7) is 18.8. The van der Waals surface area contributed by atoms with Crippen molar-refractivity contribution in [2.45, 2.75) is 67.3 Å². The summed E-state index contributed by atoms with van der Waals surface area (Å²) in [6, 6.07) is 0. The fraction of sp³-hybridized carbons (Fsp3) is 0.938. The molecule has 19 heavy (non-hydrogen) atoms. The van der Waals surface area contributed by atoms with Crippen LogP contribution >= 0.6 is 0 Å². The highest BCUT2D eigenvalue weighted by Gasteiger charge is 2.37. The zero-order chi connectivity index (χ0) is 15.3. The Morgan fingerprint density at radius 1 is 1.05 bits per heavy atom. The van der Waals surface area contributed by atoms with E-state index in [1.165, 1.54) is 0 Å². The van der Waals surface area contributed by atoms with Crippen molar-refractivity contribution in [3.05, 3.63) is 0 Å². The summed E-state index contributed by atoms with van der Waals surface area (Å²) in [5.74, 6) is 0.950. The Hall–Kier alpha value is -0.570. The highest BCUT2D eigenvalue weighted by molar-refractivity contribution is 5.86. The molecule has 0 aromatic carbocycles. The van der Waals surface area contributed by atoms with Crippen molar-refractivity contribution in [1.82, 2.24) is 10.6 Å². The third-order valence-electron chi connectivity index (χ3n) is 4.64. The van der Waals surface area contributed by atoms with Crippen LogP contribution in [0.2, 0.25) is 0 Å². The summed E-state index contributed by atoms with van der Waals surface area (Å²) in [4.78, 5) is 12.4. The van der Waals surface area contributed by atoms with Gasteiger partial charge in [0, 0.05) is 13.1 Å². The van der Waals surface area contributed by atoms with Gasteiger partial charge in [0.15, 0.2) is 0 Å². The normalized spacial score (nSPS) is 15.7. The van der Waals surface area contributed by atoms with E-state index in [1.54, 1.807) is 0 Å². The molecule has 3 heteroatoms. The molecule has 0 saturated carbocycles. The van der Waals surface area contributed by atoms with Crippen molar-refractivity contribution < 1.29 is 4.79 Å². The number of carbonyl (C=O) groups excluding carboxylic acids is 1. The van der Waals surface area contributed by atoms with E-state index in [-0.39, 0.29) is 17.2 Å². The largest absolute Gasteiger partial charge is 0.355 e. The average molecular weight is 270 g/mol. The SMILES string of the molecule is CCCNC(=O)C(C)(NCC(C)(C)C(C)C)C(C)C. The first-order chi connectivity index (χ1) is 8.58. The van der Waals surface area contributed by atoms with E-state index in [9.17, 15) is 4.79 Å². The fourth-order valence-electron chi connectivity index (χ4n) is 1.58. The summed E-state index contributed by atoms with van der Waals surface area (Å²) >= 11 is 0. The Morgan fingerprint density at radius 3 is 1.95 bits per heavy atom. The van der Waals surface area contributed by atoms with Gasteiger partial charge in [0.2, 0.25) is 5.91 Å². The second-order valence-corrected chi connectivity index (χ2v) is 7.11. The number of rotatable bonds is 8. The van der Waals surface area contributed by atoms with E-state index < -0.39 is 5.54 Å². The molecule has 0 aliphatic heterocycles. The number of amides is 1. The van der Waals surface area contributed by atoms with E-state index in [0.29, 0.717) is 5.92 Å². The fourth-order valence-corrected chi connectivity index (χ4v) is 1.58. The molecular weight excluding hydrogens is 236 g/mol. The molecule has 0 rings (SSSR count). The van der Waals surface area contributed by atoms with Crippen LogP contribution in [0.5, 0.6) is 0 Å². The van der Waals surface area contributed by atoms with Crippen molar-refractivity contribution in [3.8, 4) is 0 Å². The van der Waals surface area contributed by atoms with Gasteiger partial charge in [0.1, 0.15) is 0 Å². The molecule has 0 bridgehead atoms. The van der Waals surface area contributed by atoms with Gasteiger partial charge in [-0.3, -0.25) is 4.79 Å². The van der Waals surface area contributed by atoms with Crippen molar-refractivity contribution in [1.29, 1.82) is 0 Å². The summed E-state index contributed by atoms with van der Waals surface area (Å²) in [5, 5.41) is 6.53.